The van der Waals surface area contributed by atoms with Gasteiger partial charge in [-0.2, -0.15) is 5.10 Å². The van der Waals surface area contributed by atoms with E-state index >= 15 is 0 Å². The van der Waals surface area contributed by atoms with Crippen molar-refractivity contribution in [1.29, 1.82) is 0 Å². The molecular weight excluding hydrogens is 497 g/mol. The number of likely N-dealkylation sites (tertiary alicyclic amines) is 1. The van der Waals surface area contributed by atoms with Crippen LogP contribution >= 0.6 is 0 Å². The molecule has 5 heterocycles. The van der Waals surface area contributed by atoms with E-state index < -0.39 is 17.5 Å². The van der Waals surface area contributed by atoms with Crippen LogP contribution in [0.4, 0.5) is 19.0 Å². The summed E-state index contributed by atoms with van der Waals surface area (Å²) in [7, 11) is 0. The highest BCUT2D eigenvalue weighted by molar-refractivity contribution is 6.00. The van der Waals surface area contributed by atoms with Crippen molar-refractivity contribution in [1.82, 2.24) is 24.6 Å². The molecule has 2 aliphatic heterocycles. The van der Waals surface area contributed by atoms with Gasteiger partial charge in [0, 0.05) is 61.0 Å². The predicted molar refractivity (Wildman–Crippen MR) is 131 cm³/mol. The summed E-state index contributed by atoms with van der Waals surface area (Å²) in [6.07, 6.45) is 6.22. The minimum Gasteiger partial charge on any atom is -0.337 e. The first kappa shape index (κ1) is 23.8. The standard InChI is InChI=1S/C27H21F3N6O2/c28-20-12-19(13-21(29)25(20)30)36-23(17-4-1-7-31-15-17)14-22(33-36)27(38)34-9-5-18(6-10-34)35-24(37)11-16-3-2-8-32-26(16)35/h1-4,7-8,12-15,18H,5-6,9-11H2. The Bertz CT molecular complexity index is 1530. The van der Waals surface area contributed by atoms with Gasteiger partial charge in [0.1, 0.15) is 5.82 Å². The largest absolute Gasteiger partial charge is 0.337 e. The summed E-state index contributed by atoms with van der Waals surface area (Å²) in [6, 6.07) is 10.2. The quantitative estimate of drug-likeness (QED) is 0.382. The first-order valence-corrected chi connectivity index (χ1v) is 12.1. The smallest absolute Gasteiger partial charge is 0.274 e. The SMILES string of the molecule is O=C(c1cc(-c2cccnc2)n(-c2cc(F)c(F)c(F)c2)n1)N1CCC(N2C(=O)Cc3cccnc32)CC1. The van der Waals surface area contributed by atoms with Crippen LogP contribution in [0, 0.1) is 17.5 Å². The first-order chi connectivity index (χ1) is 18.4. The fraction of sp³-hybridized carbons (Fsp3) is 0.222. The first-order valence-electron chi connectivity index (χ1n) is 12.1. The van der Waals surface area contributed by atoms with Gasteiger partial charge in [0.05, 0.1) is 17.8 Å². The molecule has 0 N–H and O–H groups in total. The molecule has 1 fully saturated rings. The number of nitrogens with zero attached hydrogens (tertiary/aromatic N) is 6. The number of hydrogen-bond donors (Lipinski definition) is 0. The van der Waals surface area contributed by atoms with Crippen LogP contribution in [0.1, 0.15) is 28.9 Å². The summed E-state index contributed by atoms with van der Waals surface area (Å²) in [5.41, 5.74) is 1.82. The summed E-state index contributed by atoms with van der Waals surface area (Å²) in [4.78, 5) is 37.9. The molecule has 192 valence electrons. The third-order valence-corrected chi connectivity index (χ3v) is 6.92. The highest BCUT2D eigenvalue weighted by Gasteiger charge is 2.37. The van der Waals surface area contributed by atoms with Crippen molar-refractivity contribution in [2.45, 2.75) is 25.3 Å². The lowest BCUT2D eigenvalue weighted by Crippen LogP contribution is -2.48. The zero-order chi connectivity index (χ0) is 26.4. The number of pyridine rings is 2. The van der Waals surface area contributed by atoms with Crippen molar-refractivity contribution < 1.29 is 22.8 Å². The fourth-order valence-electron chi connectivity index (χ4n) is 5.08. The molecule has 0 saturated carbocycles. The number of anilines is 1. The van der Waals surface area contributed by atoms with E-state index in [9.17, 15) is 22.8 Å². The molecule has 6 rings (SSSR count). The van der Waals surface area contributed by atoms with E-state index in [0.717, 1.165) is 17.7 Å². The Labute approximate surface area is 215 Å². The van der Waals surface area contributed by atoms with E-state index in [2.05, 4.69) is 15.1 Å². The zero-order valence-corrected chi connectivity index (χ0v) is 20.0. The Kier molecular flexibility index (Phi) is 5.90. The normalized spacial score (nSPS) is 15.7. The molecular formula is C27H21F3N6O2. The summed E-state index contributed by atoms with van der Waals surface area (Å²) in [5, 5.41) is 4.35. The molecule has 38 heavy (non-hydrogen) atoms. The van der Waals surface area contributed by atoms with Gasteiger partial charge in [-0.1, -0.05) is 6.07 Å². The summed E-state index contributed by atoms with van der Waals surface area (Å²) in [6.45, 7) is 0.786. The maximum absolute atomic E-state index is 14.0. The molecule has 2 amide bonds. The number of piperidine rings is 1. The van der Waals surface area contributed by atoms with E-state index in [1.807, 2.05) is 12.1 Å². The molecule has 0 bridgehead atoms. The molecule has 11 heteroatoms. The van der Waals surface area contributed by atoms with Gasteiger partial charge in [-0.05, 0) is 37.1 Å². The second-order valence-electron chi connectivity index (χ2n) is 9.24. The van der Waals surface area contributed by atoms with Crippen LogP contribution in [0.15, 0.2) is 61.1 Å². The Morgan fingerprint density at radius 3 is 2.42 bits per heavy atom. The van der Waals surface area contributed by atoms with E-state index in [0.29, 0.717) is 49.4 Å². The summed E-state index contributed by atoms with van der Waals surface area (Å²) < 4.78 is 42.8. The Balaban J connectivity index is 1.26. The Hall–Kier alpha value is -4.54. The minimum absolute atomic E-state index is 0.00194. The maximum Gasteiger partial charge on any atom is 0.274 e. The number of halogens is 3. The van der Waals surface area contributed by atoms with Crippen LogP contribution in [-0.2, 0) is 11.2 Å². The third-order valence-electron chi connectivity index (χ3n) is 6.92. The van der Waals surface area contributed by atoms with Crippen LogP contribution in [0.2, 0.25) is 0 Å². The van der Waals surface area contributed by atoms with Gasteiger partial charge in [-0.15, -0.1) is 0 Å². The van der Waals surface area contributed by atoms with Gasteiger partial charge >= 0.3 is 0 Å². The van der Waals surface area contributed by atoms with E-state index in [1.54, 1.807) is 34.3 Å². The molecule has 8 nitrogen and oxygen atoms in total. The average molecular weight is 518 g/mol. The molecule has 1 aromatic carbocycles. The van der Waals surface area contributed by atoms with Crippen LogP contribution in [0.25, 0.3) is 16.9 Å². The van der Waals surface area contributed by atoms with Gasteiger partial charge in [0.15, 0.2) is 23.1 Å². The number of amides is 2. The monoisotopic (exact) mass is 518 g/mol. The molecule has 4 aromatic rings. The van der Waals surface area contributed by atoms with E-state index in [1.165, 1.54) is 16.9 Å². The Morgan fingerprint density at radius 2 is 1.71 bits per heavy atom. The molecule has 0 radical (unpaired) electrons. The van der Waals surface area contributed by atoms with Crippen molar-refractivity contribution in [2.75, 3.05) is 18.0 Å². The van der Waals surface area contributed by atoms with E-state index in [4.69, 9.17) is 0 Å². The van der Waals surface area contributed by atoms with E-state index in [-0.39, 0.29) is 29.2 Å². The van der Waals surface area contributed by atoms with Crippen molar-refractivity contribution in [3.8, 4) is 16.9 Å². The van der Waals surface area contributed by atoms with Crippen molar-refractivity contribution in [3.05, 3.63) is 89.8 Å². The van der Waals surface area contributed by atoms with Gasteiger partial charge in [-0.25, -0.2) is 22.8 Å². The number of carbonyl (C=O) groups is 2. The summed E-state index contributed by atoms with van der Waals surface area (Å²) in [5.74, 6) is -3.99. The van der Waals surface area contributed by atoms with Crippen LogP contribution in [0.3, 0.4) is 0 Å². The third kappa shape index (κ3) is 4.09. The number of benzene rings is 1. The van der Waals surface area contributed by atoms with Crippen LogP contribution in [0.5, 0.6) is 0 Å². The number of fused-ring (bicyclic) bond motifs is 1. The molecule has 2 aliphatic rings. The maximum atomic E-state index is 14.0. The fourth-order valence-corrected chi connectivity index (χ4v) is 5.08. The van der Waals surface area contributed by atoms with Crippen molar-refractivity contribution in [2.24, 2.45) is 0 Å². The molecule has 0 spiro atoms. The van der Waals surface area contributed by atoms with Gasteiger partial charge < -0.3 is 4.90 Å². The predicted octanol–water partition coefficient (Wildman–Crippen LogP) is 3.94. The second kappa shape index (κ2) is 9.40. The van der Waals surface area contributed by atoms with Gasteiger partial charge in [0.25, 0.3) is 5.91 Å². The zero-order valence-electron chi connectivity index (χ0n) is 20.0. The lowest BCUT2D eigenvalue weighted by molar-refractivity contribution is -0.118. The number of rotatable bonds is 4. The molecule has 3 aromatic heterocycles. The number of hydrogen-bond acceptors (Lipinski definition) is 5. The number of aromatic nitrogens is 4. The molecule has 1 saturated heterocycles. The average Bonchev–Trinajstić information content (AvgIpc) is 3.53. The molecule has 0 aliphatic carbocycles. The lowest BCUT2D eigenvalue weighted by Gasteiger charge is -2.36. The van der Waals surface area contributed by atoms with Crippen LogP contribution < -0.4 is 4.90 Å². The van der Waals surface area contributed by atoms with Crippen molar-refractivity contribution in [3.63, 3.8) is 0 Å². The van der Waals surface area contributed by atoms with Crippen LogP contribution in [-0.4, -0.2) is 55.6 Å². The highest BCUT2D eigenvalue weighted by atomic mass is 19.2. The summed E-state index contributed by atoms with van der Waals surface area (Å²) >= 11 is 0. The number of carbonyl (C=O) groups excluding carboxylic acids is 2. The lowest BCUT2D eigenvalue weighted by atomic mass is 10.0. The molecule has 0 unspecified atom stereocenters. The van der Waals surface area contributed by atoms with Gasteiger partial charge in [0.2, 0.25) is 5.91 Å². The van der Waals surface area contributed by atoms with Crippen molar-refractivity contribution >= 4 is 17.6 Å². The second-order valence-corrected chi connectivity index (χ2v) is 9.24. The minimum atomic E-state index is -1.59. The molecule has 0 atom stereocenters. The van der Waals surface area contributed by atoms with Gasteiger partial charge in [-0.3, -0.25) is 19.5 Å². The topological polar surface area (TPSA) is 84.2 Å². The highest BCUT2D eigenvalue weighted by Crippen LogP contribution is 2.32. The Morgan fingerprint density at radius 1 is 0.974 bits per heavy atom.